The molecule has 0 bridgehead atoms. The molecule has 1 N–H and O–H groups in total. The van der Waals surface area contributed by atoms with Crippen molar-refractivity contribution < 1.29 is 14.0 Å². The summed E-state index contributed by atoms with van der Waals surface area (Å²) < 4.78 is 6.94. The smallest absolute Gasteiger partial charge is 0.318 e. The maximum absolute atomic E-state index is 13.3. The molecule has 2 fully saturated rings. The normalized spacial score (nSPS) is 24.0. The highest BCUT2D eigenvalue weighted by molar-refractivity contribution is 5.80. The van der Waals surface area contributed by atoms with Crippen LogP contribution in [0.4, 0.5) is 4.79 Å². The van der Waals surface area contributed by atoms with Crippen molar-refractivity contribution in [3.8, 4) is 5.75 Å². The highest BCUT2D eigenvalue weighted by atomic mass is 16.5. The molecule has 3 aromatic rings. The van der Waals surface area contributed by atoms with E-state index >= 15 is 0 Å². The molecule has 0 atom stereocenters. The fourth-order valence-corrected chi connectivity index (χ4v) is 5.47. The molecule has 34 heavy (non-hydrogen) atoms. The number of likely N-dealkylation sites (tertiary alicyclic amines) is 1. The van der Waals surface area contributed by atoms with E-state index in [0.29, 0.717) is 13.2 Å². The number of urea groups is 1. The highest BCUT2D eigenvalue weighted by Gasteiger charge is 2.48. The summed E-state index contributed by atoms with van der Waals surface area (Å²) in [5.74, 6) is 0.927. The van der Waals surface area contributed by atoms with Gasteiger partial charge in [-0.1, -0.05) is 78.9 Å². The van der Waals surface area contributed by atoms with E-state index in [1.54, 1.807) is 0 Å². The number of para-hydroxylation sites is 1. The molecule has 176 valence electrons. The lowest BCUT2D eigenvalue weighted by molar-refractivity contribution is -0.914. The highest BCUT2D eigenvalue weighted by Crippen LogP contribution is 2.37. The monoisotopic (exact) mass is 456 g/mol. The first-order valence-corrected chi connectivity index (χ1v) is 12.3. The standard InChI is InChI=1S/C29H33N3O2/c1-32(21-22-34-27-15-9-4-10-16-27)19-17-26(18-20-32)31-23-29(30-28(31)33,24-11-5-2-6-12-24)25-13-7-3-8-14-25/h2-16,26H,17-23H2,1H3/p+1. The van der Waals surface area contributed by atoms with Crippen molar-refractivity contribution in [2.45, 2.75) is 24.4 Å². The molecule has 0 aromatic heterocycles. The van der Waals surface area contributed by atoms with Gasteiger partial charge in [-0.2, -0.15) is 0 Å². The first kappa shape index (κ1) is 22.5. The van der Waals surface area contributed by atoms with Gasteiger partial charge in [0.1, 0.15) is 24.4 Å². The molecule has 5 nitrogen and oxygen atoms in total. The van der Waals surface area contributed by atoms with E-state index in [2.05, 4.69) is 65.8 Å². The number of likely N-dealkylation sites (N-methyl/N-ethyl adjacent to an activating group) is 1. The first-order valence-electron chi connectivity index (χ1n) is 12.3. The Morgan fingerprint density at radius 2 is 1.41 bits per heavy atom. The molecule has 5 heteroatoms. The second-order valence-electron chi connectivity index (χ2n) is 9.88. The van der Waals surface area contributed by atoms with Crippen molar-refractivity contribution in [3.63, 3.8) is 0 Å². The molecule has 0 aliphatic carbocycles. The molecule has 2 amide bonds. The summed E-state index contributed by atoms with van der Waals surface area (Å²) in [6.45, 7) is 4.45. The second-order valence-corrected chi connectivity index (χ2v) is 9.88. The van der Waals surface area contributed by atoms with Gasteiger partial charge in [-0.25, -0.2) is 4.79 Å². The number of nitrogens with zero attached hydrogens (tertiary/aromatic N) is 2. The largest absolute Gasteiger partial charge is 0.488 e. The summed E-state index contributed by atoms with van der Waals surface area (Å²) in [7, 11) is 2.31. The number of rotatable bonds is 7. The number of piperidine rings is 1. The average Bonchev–Trinajstić information content (AvgIpc) is 3.24. The first-order chi connectivity index (χ1) is 16.6. The second kappa shape index (κ2) is 9.51. The number of ether oxygens (including phenoxy) is 1. The van der Waals surface area contributed by atoms with Gasteiger partial charge in [-0.15, -0.1) is 0 Å². The molecule has 2 aliphatic rings. The van der Waals surface area contributed by atoms with Gasteiger partial charge in [0.15, 0.2) is 0 Å². The zero-order valence-electron chi connectivity index (χ0n) is 19.9. The van der Waals surface area contributed by atoms with Crippen LogP contribution in [0.3, 0.4) is 0 Å². The Hall–Kier alpha value is -3.31. The number of carbonyl (C=O) groups is 1. The number of benzene rings is 3. The third-order valence-electron chi connectivity index (χ3n) is 7.61. The molecule has 2 heterocycles. The Morgan fingerprint density at radius 1 is 0.882 bits per heavy atom. The topological polar surface area (TPSA) is 41.6 Å². The van der Waals surface area contributed by atoms with Gasteiger partial charge in [0.25, 0.3) is 0 Å². The van der Waals surface area contributed by atoms with Crippen LogP contribution >= 0.6 is 0 Å². The number of nitrogens with one attached hydrogen (secondary N) is 1. The molecule has 2 saturated heterocycles. The SMILES string of the molecule is C[N+]1(CCOc2ccccc2)CCC(N2CC(c3ccccc3)(c3ccccc3)NC2=O)CC1. The minimum Gasteiger partial charge on any atom is -0.488 e. The van der Waals surface area contributed by atoms with Crippen LogP contribution in [0.2, 0.25) is 0 Å². The van der Waals surface area contributed by atoms with Crippen molar-refractivity contribution in [3.05, 3.63) is 102 Å². The van der Waals surface area contributed by atoms with Crippen LogP contribution in [0.15, 0.2) is 91.0 Å². The van der Waals surface area contributed by atoms with Crippen molar-refractivity contribution in [1.29, 1.82) is 0 Å². The Labute approximate surface area is 202 Å². The van der Waals surface area contributed by atoms with Gasteiger partial charge in [0.05, 0.1) is 26.7 Å². The van der Waals surface area contributed by atoms with Gasteiger partial charge >= 0.3 is 6.03 Å². The van der Waals surface area contributed by atoms with Crippen LogP contribution < -0.4 is 10.1 Å². The third kappa shape index (κ3) is 4.53. The summed E-state index contributed by atoms with van der Waals surface area (Å²) >= 11 is 0. The molecule has 5 rings (SSSR count). The Kier molecular flexibility index (Phi) is 6.29. The lowest BCUT2D eigenvalue weighted by Crippen LogP contribution is -2.56. The average molecular weight is 457 g/mol. The predicted molar refractivity (Wildman–Crippen MR) is 135 cm³/mol. The lowest BCUT2D eigenvalue weighted by atomic mass is 9.83. The summed E-state index contributed by atoms with van der Waals surface area (Å²) in [6.07, 6.45) is 2.02. The van der Waals surface area contributed by atoms with Gasteiger partial charge < -0.3 is 19.4 Å². The fourth-order valence-electron chi connectivity index (χ4n) is 5.47. The number of quaternary nitrogens is 1. The quantitative estimate of drug-likeness (QED) is 0.526. The van der Waals surface area contributed by atoms with E-state index in [-0.39, 0.29) is 12.1 Å². The molecule has 0 radical (unpaired) electrons. The van der Waals surface area contributed by atoms with E-state index in [9.17, 15) is 4.79 Å². The molecule has 2 aliphatic heterocycles. The predicted octanol–water partition coefficient (Wildman–Crippen LogP) is 4.64. The molecule has 0 unspecified atom stereocenters. The number of hydrogen-bond acceptors (Lipinski definition) is 2. The van der Waals surface area contributed by atoms with Crippen molar-refractivity contribution in [2.75, 3.05) is 39.8 Å². The summed E-state index contributed by atoms with van der Waals surface area (Å²) in [4.78, 5) is 15.4. The Morgan fingerprint density at radius 3 is 1.97 bits per heavy atom. The number of hydrogen-bond donors (Lipinski definition) is 1. The summed E-state index contributed by atoms with van der Waals surface area (Å²) in [5, 5.41) is 3.38. The van der Waals surface area contributed by atoms with Crippen LogP contribution in [0.1, 0.15) is 24.0 Å². The van der Waals surface area contributed by atoms with Crippen molar-refractivity contribution >= 4 is 6.03 Å². The zero-order chi connectivity index (χ0) is 23.4. The van der Waals surface area contributed by atoms with Gasteiger partial charge in [-0.3, -0.25) is 0 Å². The van der Waals surface area contributed by atoms with E-state index in [4.69, 9.17) is 4.74 Å². The molecule has 0 saturated carbocycles. The van der Waals surface area contributed by atoms with Crippen LogP contribution in [0.25, 0.3) is 0 Å². The number of amides is 2. The van der Waals surface area contributed by atoms with E-state index in [1.807, 2.05) is 42.5 Å². The zero-order valence-corrected chi connectivity index (χ0v) is 19.9. The van der Waals surface area contributed by atoms with Crippen molar-refractivity contribution in [2.24, 2.45) is 0 Å². The van der Waals surface area contributed by atoms with Gasteiger partial charge in [-0.05, 0) is 23.3 Å². The summed E-state index contributed by atoms with van der Waals surface area (Å²) in [6, 6.07) is 31.1. The third-order valence-corrected chi connectivity index (χ3v) is 7.61. The lowest BCUT2D eigenvalue weighted by Gasteiger charge is -2.42. The van der Waals surface area contributed by atoms with E-state index in [1.165, 1.54) is 0 Å². The minimum atomic E-state index is -0.515. The van der Waals surface area contributed by atoms with Crippen LogP contribution in [0, 0.1) is 0 Å². The number of carbonyl (C=O) groups excluding carboxylic acids is 1. The Balaban J connectivity index is 1.26. The van der Waals surface area contributed by atoms with Crippen LogP contribution in [-0.2, 0) is 5.54 Å². The molecule has 0 spiro atoms. The Bertz CT molecular complexity index is 1040. The maximum Gasteiger partial charge on any atom is 0.318 e. The van der Waals surface area contributed by atoms with Crippen molar-refractivity contribution in [1.82, 2.24) is 10.2 Å². The molecular weight excluding hydrogens is 422 g/mol. The summed E-state index contributed by atoms with van der Waals surface area (Å²) in [5.41, 5.74) is 1.75. The van der Waals surface area contributed by atoms with Crippen LogP contribution in [0.5, 0.6) is 5.75 Å². The molecular formula is C29H34N3O2+. The molecule has 3 aromatic carbocycles. The van der Waals surface area contributed by atoms with Gasteiger partial charge in [0, 0.05) is 18.9 Å². The maximum atomic E-state index is 13.3. The van der Waals surface area contributed by atoms with Crippen LogP contribution in [-0.4, -0.2) is 61.3 Å². The van der Waals surface area contributed by atoms with E-state index in [0.717, 1.165) is 53.8 Å². The fraction of sp³-hybridized carbons (Fsp3) is 0.345. The minimum absolute atomic E-state index is 0.0428. The van der Waals surface area contributed by atoms with E-state index < -0.39 is 5.54 Å². The van der Waals surface area contributed by atoms with Gasteiger partial charge in [0.2, 0.25) is 0 Å².